The molecule has 0 bridgehead atoms. The van der Waals surface area contributed by atoms with Crippen molar-refractivity contribution in [1.82, 2.24) is 13.3 Å². The van der Waals surface area contributed by atoms with E-state index in [-0.39, 0.29) is 21.1 Å². The van der Waals surface area contributed by atoms with Gasteiger partial charge < -0.3 is 0 Å². The summed E-state index contributed by atoms with van der Waals surface area (Å²) in [6.07, 6.45) is 3.13. The maximum atomic E-state index is 13.6. The van der Waals surface area contributed by atoms with Crippen LogP contribution in [0.2, 0.25) is 0 Å². The molecule has 1 atom stereocenters. The van der Waals surface area contributed by atoms with Crippen LogP contribution >= 0.6 is 0 Å². The number of nitrogens with zero attached hydrogens (tertiary/aromatic N) is 3. The summed E-state index contributed by atoms with van der Waals surface area (Å²) in [4.78, 5) is 4.51. The van der Waals surface area contributed by atoms with Crippen molar-refractivity contribution in [3.8, 4) is 11.1 Å². The lowest BCUT2D eigenvalue weighted by Gasteiger charge is -2.15. The average molecular weight is 562 g/mol. The van der Waals surface area contributed by atoms with E-state index in [2.05, 4.69) is 4.98 Å². The first-order valence-electron chi connectivity index (χ1n) is 11.3. The molecule has 4 aromatic rings. The van der Waals surface area contributed by atoms with Crippen LogP contribution in [0.4, 0.5) is 0 Å². The van der Waals surface area contributed by atoms with E-state index in [1.807, 2.05) is 0 Å². The largest absolute Gasteiger partial charge is 0.302 e. The summed E-state index contributed by atoms with van der Waals surface area (Å²) in [5, 5.41) is 0.458. The first-order valence-corrected chi connectivity index (χ1v) is 15.3. The van der Waals surface area contributed by atoms with Gasteiger partial charge in [-0.3, -0.25) is 8.74 Å². The molecule has 13 heteroatoms. The van der Waals surface area contributed by atoms with E-state index in [1.165, 1.54) is 34.8 Å². The Hall–Kier alpha value is -2.94. The van der Waals surface area contributed by atoms with Crippen molar-refractivity contribution >= 4 is 42.4 Å². The van der Waals surface area contributed by atoms with Crippen molar-refractivity contribution in [2.75, 3.05) is 13.1 Å². The molecule has 1 unspecified atom stereocenters. The fourth-order valence-electron chi connectivity index (χ4n) is 4.44. The molecule has 0 aliphatic carbocycles. The quantitative estimate of drug-likeness (QED) is 0.324. The van der Waals surface area contributed by atoms with Gasteiger partial charge in [0, 0.05) is 24.7 Å². The fourth-order valence-corrected chi connectivity index (χ4v) is 7.68. The number of fused-ring (bicyclic) bond motifs is 1. The van der Waals surface area contributed by atoms with Crippen LogP contribution in [0.25, 0.3) is 22.2 Å². The molecule has 194 valence electrons. The third-order valence-corrected chi connectivity index (χ3v) is 10.2. The molecular formula is C24H23N3O7S3. The van der Waals surface area contributed by atoms with Crippen LogP contribution in [0.15, 0.2) is 82.7 Å². The van der Waals surface area contributed by atoms with E-state index in [1.54, 1.807) is 42.5 Å². The topological polar surface area (TPSA) is 136 Å². The molecule has 1 aliphatic heterocycles. The maximum Gasteiger partial charge on any atom is 0.302 e. The van der Waals surface area contributed by atoms with Crippen LogP contribution in [0.1, 0.15) is 18.5 Å². The highest BCUT2D eigenvalue weighted by atomic mass is 32.2. The summed E-state index contributed by atoms with van der Waals surface area (Å²) in [5.41, 5.74) is 1.48. The van der Waals surface area contributed by atoms with E-state index in [9.17, 15) is 21.0 Å². The molecule has 1 fully saturated rings. The summed E-state index contributed by atoms with van der Waals surface area (Å²) in [7, 11) is -7.71. The van der Waals surface area contributed by atoms with Gasteiger partial charge in [0.1, 0.15) is 6.61 Å². The smallest absolute Gasteiger partial charge is 0.284 e. The zero-order valence-electron chi connectivity index (χ0n) is 19.4. The minimum absolute atomic E-state index is 0.0162. The van der Waals surface area contributed by atoms with Gasteiger partial charge in [0.05, 0.1) is 15.5 Å². The van der Waals surface area contributed by atoms with Crippen molar-refractivity contribution in [2.24, 2.45) is 0 Å². The lowest BCUT2D eigenvalue weighted by molar-refractivity contribution is 0.292. The van der Waals surface area contributed by atoms with Gasteiger partial charge in [-0.2, -0.15) is 8.51 Å². The number of hydrogen-bond acceptors (Lipinski definition) is 7. The number of aromatic nitrogens is 2. The van der Waals surface area contributed by atoms with Gasteiger partial charge in [0.15, 0.2) is 5.65 Å². The van der Waals surface area contributed by atoms with Crippen LogP contribution in [0, 0.1) is 0 Å². The summed E-state index contributed by atoms with van der Waals surface area (Å²) < 4.78 is 80.5. The molecule has 0 spiro atoms. The third-order valence-electron chi connectivity index (χ3n) is 6.19. The molecule has 37 heavy (non-hydrogen) atoms. The Morgan fingerprint density at radius 1 is 0.892 bits per heavy atom. The molecule has 10 nitrogen and oxygen atoms in total. The van der Waals surface area contributed by atoms with E-state index in [4.69, 9.17) is 8.74 Å². The molecule has 2 aromatic heterocycles. The summed E-state index contributed by atoms with van der Waals surface area (Å²) in [5.74, 6) is 0. The minimum atomic E-state index is -4.13. The van der Waals surface area contributed by atoms with Gasteiger partial charge in [-0.15, -0.1) is 0 Å². The Kier molecular flexibility index (Phi) is 7.00. The molecule has 0 saturated carbocycles. The van der Waals surface area contributed by atoms with E-state index in [0.717, 1.165) is 16.8 Å². The normalized spacial score (nSPS) is 15.8. The van der Waals surface area contributed by atoms with Crippen molar-refractivity contribution in [3.05, 3.63) is 78.6 Å². The van der Waals surface area contributed by atoms with Gasteiger partial charge in [-0.1, -0.05) is 30.3 Å². The lowest BCUT2D eigenvalue weighted by atomic mass is 10.0. The number of pyridine rings is 1. The Morgan fingerprint density at radius 3 is 2.19 bits per heavy atom. The van der Waals surface area contributed by atoms with E-state index < -0.39 is 38.0 Å². The summed E-state index contributed by atoms with van der Waals surface area (Å²) in [6, 6.07) is 17.4. The van der Waals surface area contributed by atoms with Crippen LogP contribution in [-0.2, 0) is 42.2 Å². The van der Waals surface area contributed by atoms with Crippen molar-refractivity contribution in [3.63, 3.8) is 0 Å². The molecule has 1 aliphatic rings. The number of rotatable bonds is 8. The van der Waals surface area contributed by atoms with Crippen molar-refractivity contribution in [1.29, 1.82) is 0 Å². The number of benzene rings is 2. The second kappa shape index (κ2) is 10.1. The van der Waals surface area contributed by atoms with Crippen LogP contribution in [0.3, 0.4) is 0 Å². The van der Waals surface area contributed by atoms with E-state index >= 15 is 0 Å². The average Bonchev–Trinajstić information content (AvgIpc) is 3.57. The van der Waals surface area contributed by atoms with Gasteiger partial charge in [0.2, 0.25) is 10.0 Å². The molecular weight excluding hydrogens is 538 g/mol. The summed E-state index contributed by atoms with van der Waals surface area (Å²) >= 11 is -2.61. The Balaban J connectivity index is 1.63. The Bertz CT molecular complexity index is 1680. The molecule has 1 N–H and O–H groups in total. The first-order chi connectivity index (χ1) is 17.7. The highest BCUT2D eigenvalue weighted by molar-refractivity contribution is 7.90. The van der Waals surface area contributed by atoms with Crippen LogP contribution < -0.4 is 0 Å². The molecule has 2 aromatic carbocycles. The predicted octanol–water partition coefficient (Wildman–Crippen LogP) is 3.38. The molecule has 1 saturated heterocycles. The highest BCUT2D eigenvalue weighted by Gasteiger charge is 2.28. The predicted molar refractivity (Wildman–Crippen MR) is 138 cm³/mol. The Morgan fingerprint density at radius 2 is 1.54 bits per heavy atom. The molecule has 0 amide bonds. The molecule has 3 heterocycles. The number of hydrogen-bond donors (Lipinski definition) is 1. The monoisotopic (exact) mass is 561 g/mol. The van der Waals surface area contributed by atoms with Crippen LogP contribution in [0.5, 0.6) is 0 Å². The maximum absolute atomic E-state index is 13.6. The fraction of sp³-hybridized carbons (Fsp3) is 0.208. The van der Waals surface area contributed by atoms with Crippen molar-refractivity contribution in [2.45, 2.75) is 29.2 Å². The second-order valence-corrected chi connectivity index (χ2v) is 12.8. The standard InChI is InChI=1S/C24H23N3O7S3/c28-35(29)34-17-19-16-23-22(18-8-10-21(11-9-18)36(30,31)26-14-4-5-15-26)12-13-25-24(23)27(19)37(32,33)20-6-2-1-3-7-20/h1-3,6-13,16H,4-5,14-15,17H2,(H,28,29). The summed E-state index contributed by atoms with van der Waals surface area (Å²) in [6.45, 7) is 0.544. The van der Waals surface area contributed by atoms with E-state index in [0.29, 0.717) is 29.6 Å². The molecule has 0 radical (unpaired) electrons. The zero-order valence-corrected chi connectivity index (χ0v) is 21.9. The Labute approximate surface area is 217 Å². The number of sulfonamides is 1. The van der Waals surface area contributed by atoms with Gasteiger partial charge in [-0.25, -0.2) is 25.8 Å². The minimum Gasteiger partial charge on any atom is -0.284 e. The first kappa shape index (κ1) is 25.7. The van der Waals surface area contributed by atoms with Gasteiger partial charge >= 0.3 is 11.4 Å². The van der Waals surface area contributed by atoms with Gasteiger partial charge in [-0.05, 0) is 60.4 Å². The lowest BCUT2D eigenvalue weighted by Crippen LogP contribution is -2.27. The highest BCUT2D eigenvalue weighted by Crippen LogP contribution is 2.33. The third kappa shape index (κ3) is 4.85. The molecule has 5 rings (SSSR count). The second-order valence-electron chi connectivity index (χ2n) is 8.43. The van der Waals surface area contributed by atoms with Crippen LogP contribution in [-0.4, -0.2) is 51.9 Å². The SMILES string of the molecule is O=S(O)OCc1cc2c(-c3ccc(S(=O)(=O)N4CCCC4)cc3)ccnc2n1S(=O)(=O)c1ccccc1. The zero-order chi connectivity index (χ0) is 26.2. The van der Waals surface area contributed by atoms with Crippen molar-refractivity contribution < 1.29 is 29.8 Å². The van der Waals surface area contributed by atoms with Gasteiger partial charge in [0.25, 0.3) is 10.0 Å².